The number of fused-ring (bicyclic) bond motifs is 1. The number of amides is 3. The Kier molecular flexibility index (Phi) is 9.70. The Bertz CT molecular complexity index is 1380. The average Bonchev–Trinajstić information content (AvgIpc) is 3.34. The lowest BCUT2D eigenvalue weighted by molar-refractivity contribution is -0.136. The van der Waals surface area contributed by atoms with Gasteiger partial charge in [-0.05, 0) is 74.9 Å². The molecule has 0 aliphatic carbocycles. The molecule has 3 heterocycles. The van der Waals surface area contributed by atoms with Crippen molar-refractivity contribution in [1.82, 2.24) is 20.2 Å². The van der Waals surface area contributed by atoms with Crippen molar-refractivity contribution in [2.75, 3.05) is 39.1 Å². The number of carbonyl (C=O) groups is 3. The minimum Gasteiger partial charge on any atom is -0.480 e. The smallest absolute Gasteiger partial charge is 0.313 e. The van der Waals surface area contributed by atoms with E-state index in [0.29, 0.717) is 18.4 Å². The van der Waals surface area contributed by atoms with E-state index in [9.17, 15) is 14.4 Å². The number of hydrogen-bond acceptors (Lipinski definition) is 8. The van der Waals surface area contributed by atoms with Crippen LogP contribution < -0.4 is 21.1 Å². The van der Waals surface area contributed by atoms with Gasteiger partial charge in [-0.15, -0.1) is 11.3 Å². The summed E-state index contributed by atoms with van der Waals surface area (Å²) in [4.78, 5) is 47.5. The van der Waals surface area contributed by atoms with Crippen LogP contribution in [0.15, 0.2) is 30.5 Å². The molecule has 1 saturated heterocycles. The number of pyridine rings is 1. The minimum absolute atomic E-state index is 0.00977. The fourth-order valence-electron chi connectivity index (χ4n) is 5.18. The first-order valence-electron chi connectivity index (χ1n) is 13.7. The van der Waals surface area contributed by atoms with Gasteiger partial charge in [-0.2, -0.15) is 0 Å². The summed E-state index contributed by atoms with van der Waals surface area (Å²) in [6.45, 7) is 6.99. The number of nitrogens with zero attached hydrogens (tertiary/aromatic N) is 3. The van der Waals surface area contributed by atoms with Gasteiger partial charge in [-0.3, -0.25) is 14.4 Å². The van der Waals surface area contributed by atoms with E-state index >= 15 is 0 Å². The van der Waals surface area contributed by atoms with Crippen molar-refractivity contribution in [2.24, 2.45) is 17.6 Å². The molecule has 214 valence electrons. The summed E-state index contributed by atoms with van der Waals surface area (Å²) in [6.07, 6.45) is 5.25. The van der Waals surface area contributed by atoms with Gasteiger partial charge in [-0.25, -0.2) is 9.97 Å². The van der Waals surface area contributed by atoms with Crippen molar-refractivity contribution in [1.29, 1.82) is 0 Å². The van der Waals surface area contributed by atoms with Crippen LogP contribution in [0.2, 0.25) is 0 Å². The predicted octanol–water partition coefficient (Wildman–Crippen LogP) is 3.57. The van der Waals surface area contributed by atoms with Gasteiger partial charge in [0, 0.05) is 19.0 Å². The van der Waals surface area contributed by atoms with Crippen molar-refractivity contribution < 1.29 is 19.1 Å². The molecular weight excluding hydrogens is 528 g/mol. The molecule has 1 aliphatic rings. The number of thiazole rings is 1. The van der Waals surface area contributed by atoms with E-state index in [0.717, 1.165) is 44.3 Å². The van der Waals surface area contributed by atoms with Gasteiger partial charge in [0.1, 0.15) is 5.56 Å². The van der Waals surface area contributed by atoms with Gasteiger partial charge < -0.3 is 26.0 Å². The Morgan fingerprint density at radius 2 is 2.05 bits per heavy atom. The van der Waals surface area contributed by atoms with E-state index in [2.05, 4.69) is 52.7 Å². The van der Waals surface area contributed by atoms with E-state index in [1.165, 1.54) is 34.6 Å². The number of likely N-dealkylation sites (tertiary alicyclic amines) is 1. The topological polar surface area (TPSA) is 140 Å². The number of anilines is 1. The first kappa shape index (κ1) is 29.4. The Morgan fingerprint density at radius 1 is 1.25 bits per heavy atom. The zero-order chi connectivity index (χ0) is 28.8. The second kappa shape index (κ2) is 13.2. The van der Waals surface area contributed by atoms with E-state index in [-0.39, 0.29) is 23.0 Å². The molecule has 1 aliphatic heterocycles. The highest BCUT2D eigenvalue weighted by atomic mass is 32.1. The van der Waals surface area contributed by atoms with Crippen LogP contribution in [-0.4, -0.2) is 66.4 Å². The number of primary amides is 1. The highest BCUT2D eigenvalue weighted by molar-refractivity contribution is 7.18. The number of methoxy groups -OCH3 is 1. The second-order valence-corrected chi connectivity index (χ2v) is 11.9. The summed E-state index contributed by atoms with van der Waals surface area (Å²) in [5, 5.41) is 6.37. The fraction of sp³-hybridized carbons (Fsp3) is 0.483. The number of nitrogens with one attached hydrogen (secondary N) is 2. The summed E-state index contributed by atoms with van der Waals surface area (Å²) in [7, 11) is 3.54. The maximum Gasteiger partial charge on any atom is 0.313 e. The number of aromatic nitrogens is 2. The maximum atomic E-state index is 12.3. The van der Waals surface area contributed by atoms with Crippen molar-refractivity contribution >= 4 is 45.0 Å². The third kappa shape index (κ3) is 7.33. The van der Waals surface area contributed by atoms with Gasteiger partial charge in [0.05, 0.1) is 34.2 Å². The molecule has 0 saturated carbocycles. The zero-order valence-corrected chi connectivity index (χ0v) is 24.3. The number of aryl methyl sites for hydroxylation is 1. The lowest BCUT2D eigenvalue weighted by Crippen LogP contribution is -2.37. The third-order valence-electron chi connectivity index (χ3n) is 7.44. The summed E-state index contributed by atoms with van der Waals surface area (Å²) in [5.41, 5.74) is 7.85. The molecule has 10 nitrogen and oxygen atoms in total. The molecule has 3 atom stereocenters. The summed E-state index contributed by atoms with van der Waals surface area (Å²) < 4.78 is 6.23. The Hall–Kier alpha value is -3.57. The van der Waals surface area contributed by atoms with E-state index in [1.807, 2.05) is 18.3 Å². The van der Waals surface area contributed by atoms with Crippen LogP contribution in [0.3, 0.4) is 0 Å². The van der Waals surface area contributed by atoms with Gasteiger partial charge in [-0.1, -0.05) is 19.9 Å². The SMILES string of the molecule is COc1ncc(NC(=O)C(=O)NC[C@@H](C)CCCc2ccc3sc([C@@H]4CCN(C)C[C@@H]4C)nc3c2)cc1C(N)=O. The van der Waals surface area contributed by atoms with Crippen LogP contribution in [0.4, 0.5) is 5.69 Å². The van der Waals surface area contributed by atoms with Gasteiger partial charge in [0.15, 0.2) is 0 Å². The molecule has 2 aromatic heterocycles. The number of piperidine rings is 1. The van der Waals surface area contributed by atoms with E-state index < -0.39 is 17.7 Å². The maximum absolute atomic E-state index is 12.3. The Morgan fingerprint density at radius 3 is 2.77 bits per heavy atom. The van der Waals surface area contributed by atoms with Crippen LogP contribution in [0.1, 0.15) is 60.0 Å². The third-order valence-corrected chi connectivity index (χ3v) is 8.61. The van der Waals surface area contributed by atoms with Crippen molar-refractivity contribution in [2.45, 2.75) is 45.4 Å². The van der Waals surface area contributed by atoms with Crippen molar-refractivity contribution in [3.63, 3.8) is 0 Å². The van der Waals surface area contributed by atoms with Gasteiger partial charge in [0.2, 0.25) is 5.88 Å². The molecule has 0 bridgehead atoms. The van der Waals surface area contributed by atoms with Crippen LogP contribution in [0.5, 0.6) is 5.88 Å². The van der Waals surface area contributed by atoms with Crippen LogP contribution in [0.25, 0.3) is 10.2 Å². The standard InChI is InChI=1S/C29H38N6O4S/c1-17(14-31-26(37)27(38)33-20-13-22(25(30)36)28(39-4)32-15-20)6-5-7-19-8-9-24-23(12-19)34-29(40-24)21-10-11-35(3)16-18(21)2/h8-9,12-13,15,17-18,21H,5-7,10-11,14,16H2,1-4H3,(H2,30,36)(H,31,37)(H,33,38)/t17-,18-,21+/m0/s1. The largest absolute Gasteiger partial charge is 0.480 e. The number of rotatable bonds is 10. The Balaban J connectivity index is 1.22. The van der Waals surface area contributed by atoms with E-state index in [1.54, 1.807) is 0 Å². The molecule has 0 unspecified atom stereocenters. The average molecular weight is 567 g/mol. The lowest BCUT2D eigenvalue weighted by Gasteiger charge is -2.33. The van der Waals surface area contributed by atoms with Crippen LogP contribution in [-0.2, 0) is 16.0 Å². The number of benzene rings is 1. The molecule has 0 spiro atoms. The number of ether oxygens (including phenoxy) is 1. The minimum atomic E-state index is -0.847. The molecular formula is C29H38N6O4S. The second-order valence-electron chi connectivity index (χ2n) is 10.8. The highest BCUT2D eigenvalue weighted by Crippen LogP contribution is 2.37. The van der Waals surface area contributed by atoms with Crippen molar-refractivity contribution in [3.05, 3.63) is 46.6 Å². The quantitative estimate of drug-likeness (QED) is 0.319. The molecule has 3 aromatic rings. The molecule has 11 heteroatoms. The summed E-state index contributed by atoms with van der Waals surface area (Å²) in [6, 6.07) is 7.92. The van der Waals surface area contributed by atoms with E-state index in [4.69, 9.17) is 15.5 Å². The molecule has 0 radical (unpaired) electrons. The fourth-order valence-corrected chi connectivity index (χ4v) is 6.39. The van der Waals surface area contributed by atoms with Gasteiger partial charge >= 0.3 is 11.8 Å². The number of nitrogens with two attached hydrogens (primary N) is 1. The zero-order valence-electron chi connectivity index (χ0n) is 23.5. The predicted molar refractivity (Wildman–Crippen MR) is 157 cm³/mol. The molecule has 1 aromatic carbocycles. The molecule has 4 rings (SSSR count). The van der Waals surface area contributed by atoms with Crippen molar-refractivity contribution in [3.8, 4) is 5.88 Å². The van der Waals surface area contributed by atoms with Crippen LogP contribution >= 0.6 is 11.3 Å². The molecule has 1 fully saturated rings. The normalized spacial score (nSPS) is 18.3. The Labute approximate surface area is 238 Å². The molecule has 4 N–H and O–H groups in total. The number of hydrogen-bond donors (Lipinski definition) is 3. The number of carbonyl (C=O) groups excluding carboxylic acids is 3. The lowest BCUT2D eigenvalue weighted by atomic mass is 9.88. The highest BCUT2D eigenvalue weighted by Gasteiger charge is 2.28. The summed E-state index contributed by atoms with van der Waals surface area (Å²) in [5.74, 6) is -0.968. The molecule has 3 amide bonds. The first-order chi connectivity index (χ1) is 19.1. The van der Waals surface area contributed by atoms with Gasteiger partial charge in [0.25, 0.3) is 5.91 Å². The van der Waals surface area contributed by atoms with Crippen LogP contribution in [0, 0.1) is 11.8 Å². The molecule has 40 heavy (non-hydrogen) atoms. The first-order valence-corrected chi connectivity index (χ1v) is 14.5. The monoisotopic (exact) mass is 566 g/mol. The summed E-state index contributed by atoms with van der Waals surface area (Å²) >= 11 is 1.83.